The first kappa shape index (κ1) is 8.04. The van der Waals surface area contributed by atoms with Gasteiger partial charge in [0.05, 0.1) is 11.9 Å². The van der Waals surface area contributed by atoms with Crippen molar-refractivity contribution in [2.45, 2.75) is 25.8 Å². The zero-order chi connectivity index (χ0) is 9.38. The number of hydrogen-bond acceptors (Lipinski definition) is 1. The number of allylic oxidation sites excluding steroid dienone is 2. The fraction of sp³-hybridized carbons (Fsp3) is 0.417. The van der Waals surface area contributed by atoms with Gasteiger partial charge in [-0.05, 0) is 31.4 Å². The van der Waals surface area contributed by atoms with Crippen LogP contribution in [-0.4, -0.2) is 10.8 Å². The highest BCUT2D eigenvalue weighted by Gasteiger charge is 2.20. The van der Waals surface area contributed by atoms with Crippen molar-refractivity contribution in [1.82, 2.24) is 4.57 Å². The summed E-state index contributed by atoms with van der Waals surface area (Å²) in [4.78, 5) is 4.57. The number of aliphatic imine (C=N–C) groups is 1. The van der Waals surface area contributed by atoms with Crippen molar-refractivity contribution < 1.29 is 0 Å². The monoisotopic (exact) mass is 186 g/mol. The molecular weight excluding hydrogens is 172 g/mol. The van der Waals surface area contributed by atoms with E-state index in [1.165, 1.54) is 30.7 Å². The van der Waals surface area contributed by atoms with Gasteiger partial charge in [-0.3, -0.25) is 4.99 Å². The molecule has 0 fully saturated rings. The predicted molar refractivity (Wildman–Crippen MR) is 57.5 cm³/mol. The van der Waals surface area contributed by atoms with Crippen LogP contribution in [0.25, 0.3) is 0 Å². The van der Waals surface area contributed by atoms with Crippen LogP contribution in [-0.2, 0) is 6.54 Å². The third-order valence-electron chi connectivity index (χ3n) is 3.16. The molecule has 0 saturated heterocycles. The van der Waals surface area contributed by atoms with Crippen molar-refractivity contribution in [3.8, 4) is 0 Å². The molecular formula is C12H14N2. The van der Waals surface area contributed by atoms with Crippen LogP contribution in [0.15, 0.2) is 35.1 Å². The average molecular weight is 186 g/mol. The zero-order valence-electron chi connectivity index (χ0n) is 8.19. The second-order valence-electron chi connectivity index (χ2n) is 4.10. The van der Waals surface area contributed by atoms with Gasteiger partial charge in [0, 0.05) is 24.4 Å². The summed E-state index contributed by atoms with van der Waals surface area (Å²) in [5.41, 5.74) is 2.54. The lowest BCUT2D eigenvalue weighted by atomic mass is 9.92. The van der Waals surface area contributed by atoms with E-state index in [1.807, 2.05) is 6.21 Å². The normalized spacial score (nSPS) is 24.9. The van der Waals surface area contributed by atoms with Crippen LogP contribution in [0.5, 0.6) is 0 Å². The Balaban J connectivity index is 2.03. The SMILES string of the molecule is C1=NC2=CCCCC2Cn2cccc21. The molecule has 0 saturated carbocycles. The van der Waals surface area contributed by atoms with Gasteiger partial charge in [0.2, 0.25) is 0 Å². The largest absolute Gasteiger partial charge is 0.346 e. The minimum absolute atomic E-state index is 0.647. The number of hydrogen-bond donors (Lipinski definition) is 0. The van der Waals surface area contributed by atoms with E-state index in [-0.39, 0.29) is 0 Å². The molecule has 0 bridgehead atoms. The molecule has 1 aliphatic heterocycles. The van der Waals surface area contributed by atoms with Gasteiger partial charge in [0.15, 0.2) is 0 Å². The lowest BCUT2D eigenvalue weighted by Gasteiger charge is -2.20. The standard InChI is InChI=1S/C12H14N2/c1-2-6-12-10(4-1)9-14-7-3-5-11(14)8-13-12/h3,5-8,10H,1-2,4,9H2. The molecule has 72 valence electrons. The van der Waals surface area contributed by atoms with Crippen molar-refractivity contribution in [2.24, 2.45) is 10.9 Å². The summed E-state index contributed by atoms with van der Waals surface area (Å²) in [6, 6.07) is 4.22. The Bertz CT molecular complexity index is 398. The Labute approximate surface area is 84.0 Å². The van der Waals surface area contributed by atoms with E-state index in [9.17, 15) is 0 Å². The maximum absolute atomic E-state index is 4.57. The Kier molecular flexibility index (Phi) is 1.79. The third kappa shape index (κ3) is 1.22. The van der Waals surface area contributed by atoms with E-state index in [0.29, 0.717) is 5.92 Å². The number of nitrogens with zero attached hydrogens (tertiary/aromatic N) is 2. The van der Waals surface area contributed by atoms with Crippen LogP contribution < -0.4 is 0 Å². The molecule has 0 radical (unpaired) electrons. The van der Waals surface area contributed by atoms with Gasteiger partial charge < -0.3 is 4.57 Å². The van der Waals surface area contributed by atoms with Crippen molar-refractivity contribution in [1.29, 1.82) is 0 Å². The second kappa shape index (κ2) is 3.12. The molecule has 2 heterocycles. The average Bonchev–Trinajstić information content (AvgIpc) is 2.58. The molecule has 2 heteroatoms. The molecule has 0 N–H and O–H groups in total. The summed E-state index contributed by atoms with van der Waals surface area (Å²) in [7, 11) is 0. The van der Waals surface area contributed by atoms with Gasteiger partial charge in [-0.25, -0.2) is 0 Å². The van der Waals surface area contributed by atoms with Gasteiger partial charge in [-0.2, -0.15) is 0 Å². The molecule has 0 spiro atoms. The van der Waals surface area contributed by atoms with Crippen LogP contribution in [0.4, 0.5) is 0 Å². The zero-order valence-corrected chi connectivity index (χ0v) is 8.19. The minimum Gasteiger partial charge on any atom is -0.346 e. The Hall–Kier alpha value is -1.31. The fourth-order valence-electron chi connectivity index (χ4n) is 2.36. The maximum atomic E-state index is 4.57. The van der Waals surface area contributed by atoms with Crippen molar-refractivity contribution >= 4 is 6.21 Å². The van der Waals surface area contributed by atoms with Crippen LogP contribution in [0.2, 0.25) is 0 Å². The van der Waals surface area contributed by atoms with E-state index < -0.39 is 0 Å². The first-order chi connectivity index (χ1) is 6.93. The van der Waals surface area contributed by atoms with Crippen LogP contribution in [0.3, 0.4) is 0 Å². The maximum Gasteiger partial charge on any atom is 0.0592 e. The summed E-state index contributed by atoms with van der Waals surface area (Å²) in [6.45, 7) is 1.11. The van der Waals surface area contributed by atoms with Gasteiger partial charge in [0.25, 0.3) is 0 Å². The first-order valence-corrected chi connectivity index (χ1v) is 5.33. The molecule has 0 aromatic carbocycles. The third-order valence-corrected chi connectivity index (χ3v) is 3.16. The summed E-state index contributed by atoms with van der Waals surface area (Å²) in [5, 5.41) is 0. The summed E-state index contributed by atoms with van der Waals surface area (Å²) in [6.07, 6.45) is 10.3. The summed E-state index contributed by atoms with van der Waals surface area (Å²) in [5.74, 6) is 0.647. The van der Waals surface area contributed by atoms with E-state index in [0.717, 1.165) is 6.54 Å². The predicted octanol–water partition coefficient (Wildman–Crippen LogP) is 2.60. The highest BCUT2D eigenvalue weighted by molar-refractivity contribution is 5.78. The fourth-order valence-corrected chi connectivity index (χ4v) is 2.36. The summed E-state index contributed by atoms with van der Waals surface area (Å²) < 4.78 is 2.31. The quantitative estimate of drug-likeness (QED) is 0.592. The van der Waals surface area contributed by atoms with E-state index >= 15 is 0 Å². The molecule has 1 aliphatic carbocycles. The molecule has 0 amide bonds. The van der Waals surface area contributed by atoms with Gasteiger partial charge in [0.1, 0.15) is 0 Å². The van der Waals surface area contributed by atoms with Crippen molar-refractivity contribution in [3.63, 3.8) is 0 Å². The second-order valence-corrected chi connectivity index (χ2v) is 4.10. The van der Waals surface area contributed by atoms with E-state index in [4.69, 9.17) is 0 Å². The smallest absolute Gasteiger partial charge is 0.0592 e. The molecule has 1 unspecified atom stereocenters. The van der Waals surface area contributed by atoms with Gasteiger partial charge in [-0.1, -0.05) is 6.08 Å². The Morgan fingerprint density at radius 3 is 3.43 bits per heavy atom. The van der Waals surface area contributed by atoms with Gasteiger partial charge >= 0.3 is 0 Å². The van der Waals surface area contributed by atoms with Crippen molar-refractivity contribution in [3.05, 3.63) is 35.8 Å². The highest BCUT2D eigenvalue weighted by atomic mass is 15.0. The number of aromatic nitrogens is 1. The number of rotatable bonds is 0. The molecule has 1 aromatic rings. The molecule has 1 atom stereocenters. The summed E-state index contributed by atoms with van der Waals surface area (Å²) >= 11 is 0. The van der Waals surface area contributed by atoms with Crippen LogP contribution >= 0.6 is 0 Å². The molecule has 1 aromatic heterocycles. The minimum atomic E-state index is 0.647. The van der Waals surface area contributed by atoms with Crippen LogP contribution in [0, 0.1) is 5.92 Å². The van der Waals surface area contributed by atoms with Gasteiger partial charge in [-0.15, -0.1) is 0 Å². The molecule has 14 heavy (non-hydrogen) atoms. The number of fused-ring (bicyclic) bond motifs is 2. The molecule has 2 aliphatic rings. The van der Waals surface area contributed by atoms with E-state index in [1.54, 1.807) is 0 Å². The molecule has 2 nitrogen and oxygen atoms in total. The molecule has 3 rings (SSSR count). The van der Waals surface area contributed by atoms with Crippen LogP contribution in [0.1, 0.15) is 25.0 Å². The highest BCUT2D eigenvalue weighted by Crippen LogP contribution is 2.29. The lowest BCUT2D eigenvalue weighted by molar-refractivity contribution is 0.443. The topological polar surface area (TPSA) is 17.3 Å². The first-order valence-electron chi connectivity index (χ1n) is 5.33. The lowest BCUT2D eigenvalue weighted by Crippen LogP contribution is -2.13. The Morgan fingerprint density at radius 1 is 1.43 bits per heavy atom. The Morgan fingerprint density at radius 2 is 2.43 bits per heavy atom. The van der Waals surface area contributed by atoms with Crippen molar-refractivity contribution in [2.75, 3.05) is 0 Å². The van der Waals surface area contributed by atoms with E-state index in [2.05, 4.69) is 34.0 Å².